The van der Waals surface area contributed by atoms with Crippen molar-refractivity contribution in [2.75, 3.05) is 0 Å². The number of rotatable bonds is 2. The molecule has 1 aromatic carbocycles. The normalized spacial score (nSPS) is 11.0. The monoisotopic (exact) mass is 301 g/mol. The van der Waals surface area contributed by atoms with E-state index in [9.17, 15) is 0 Å². The zero-order valence-electron chi connectivity index (χ0n) is 12.4. The van der Waals surface area contributed by atoms with Crippen molar-refractivity contribution < 1.29 is 4.74 Å². The molecule has 5 heteroatoms. The molecular weight excluding hydrogens is 286 g/mol. The van der Waals surface area contributed by atoms with Crippen molar-refractivity contribution in [2.24, 2.45) is 0 Å². The molecule has 0 amide bonds. The largest absolute Gasteiger partial charge is 0.437 e. The zero-order chi connectivity index (χ0) is 15.6. The molecule has 0 radical (unpaired) electrons. The smallest absolute Gasteiger partial charge is 0.227 e. The average molecular weight is 302 g/mol. The minimum Gasteiger partial charge on any atom is -0.437 e. The Morgan fingerprint density at radius 2 is 1.86 bits per heavy atom. The van der Waals surface area contributed by atoms with Gasteiger partial charge in [0, 0.05) is 11.0 Å². The van der Waals surface area contributed by atoms with Gasteiger partial charge in [-0.15, -0.1) is 0 Å². The highest BCUT2D eigenvalue weighted by Gasteiger charge is 2.21. The number of hydrogen-bond acceptors (Lipinski definition) is 4. The quantitative estimate of drug-likeness (QED) is 0.771. The molecule has 21 heavy (non-hydrogen) atoms. The summed E-state index contributed by atoms with van der Waals surface area (Å²) in [6.07, 6.45) is 0. The Morgan fingerprint density at radius 3 is 2.48 bits per heavy atom. The fourth-order valence-corrected chi connectivity index (χ4v) is 1.82. The van der Waals surface area contributed by atoms with Crippen molar-refractivity contribution >= 4 is 11.6 Å². The van der Waals surface area contributed by atoms with Crippen LogP contribution in [0.3, 0.4) is 0 Å². The summed E-state index contributed by atoms with van der Waals surface area (Å²) in [6, 6.07) is 9.10. The summed E-state index contributed by atoms with van der Waals surface area (Å²) < 4.78 is 5.79. The lowest BCUT2D eigenvalue weighted by molar-refractivity contribution is 0.440. The Morgan fingerprint density at radius 1 is 1.19 bits per heavy atom. The van der Waals surface area contributed by atoms with Crippen LogP contribution < -0.4 is 4.74 Å². The average Bonchev–Trinajstić information content (AvgIpc) is 2.43. The second-order valence-electron chi connectivity index (χ2n) is 5.73. The third-order valence-corrected chi connectivity index (χ3v) is 3.29. The highest BCUT2D eigenvalue weighted by Crippen LogP contribution is 2.31. The number of benzene rings is 1. The first kappa shape index (κ1) is 15.3. The lowest BCUT2D eigenvalue weighted by atomic mass is 9.96. The van der Waals surface area contributed by atoms with Gasteiger partial charge in [0.15, 0.2) is 0 Å². The molecule has 0 spiro atoms. The van der Waals surface area contributed by atoms with Gasteiger partial charge < -0.3 is 4.74 Å². The van der Waals surface area contributed by atoms with Crippen LogP contribution in [0.25, 0.3) is 0 Å². The number of hydrogen-bond donors (Lipinski definition) is 0. The van der Waals surface area contributed by atoms with Crippen molar-refractivity contribution in [3.8, 4) is 17.7 Å². The van der Waals surface area contributed by atoms with E-state index >= 15 is 0 Å². The number of ether oxygens (including phenoxy) is 1. The summed E-state index contributed by atoms with van der Waals surface area (Å²) in [5.74, 6) is 1.43. The van der Waals surface area contributed by atoms with Crippen LogP contribution in [0.2, 0.25) is 5.15 Å². The highest BCUT2D eigenvalue weighted by atomic mass is 35.5. The minimum absolute atomic E-state index is 0.246. The van der Waals surface area contributed by atoms with E-state index < -0.39 is 0 Å². The van der Waals surface area contributed by atoms with Crippen LogP contribution in [0.5, 0.6) is 11.6 Å². The molecule has 2 rings (SSSR count). The van der Waals surface area contributed by atoms with Crippen molar-refractivity contribution in [3.63, 3.8) is 0 Å². The van der Waals surface area contributed by atoms with Crippen LogP contribution in [0, 0.1) is 18.3 Å². The van der Waals surface area contributed by atoms with Crippen molar-refractivity contribution in [2.45, 2.75) is 33.1 Å². The van der Waals surface area contributed by atoms with E-state index in [1.807, 2.05) is 20.8 Å². The molecule has 0 aliphatic carbocycles. The zero-order valence-corrected chi connectivity index (χ0v) is 13.2. The maximum absolute atomic E-state index is 9.12. The molecule has 108 valence electrons. The highest BCUT2D eigenvalue weighted by molar-refractivity contribution is 6.30. The number of para-hydroxylation sites is 1. The Balaban J connectivity index is 2.50. The molecule has 0 aliphatic rings. The summed E-state index contributed by atoms with van der Waals surface area (Å²) >= 11 is 6.17. The summed E-state index contributed by atoms with van der Waals surface area (Å²) in [5.41, 5.74) is 0.853. The van der Waals surface area contributed by atoms with Gasteiger partial charge in [-0.05, 0) is 19.1 Å². The third kappa shape index (κ3) is 3.32. The molecule has 0 N–H and O–H groups in total. The Kier molecular flexibility index (Phi) is 4.15. The molecule has 0 fully saturated rings. The van der Waals surface area contributed by atoms with Gasteiger partial charge >= 0.3 is 0 Å². The van der Waals surface area contributed by atoms with Gasteiger partial charge in [0.2, 0.25) is 5.88 Å². The topological polar surface area (TPSA) is 58.8 Å². The van der Waals surface area contributed by atoms with Gasteiger partial charge in [0.25, 0.3) is 0 Å². The molecule has 0 saturated heterocycles. The first-order valence-corrected chi connectivity index (χ1v) is 6.92. The standard InChI is InChI=1S/C16H16ClN3O/c1-10-13(17)19-15(16(2,3)4)20-14(10)21-12-8-6-5-7-11(12)9-18/h5-8H,1-4H3. The first-order valence-electron chi connectivity index (χ1n) is 6.54. The van der Waals surface area contributed by atoms with Crippen LogP contribution in [0.4, 0.5) is 0 Å². The van der Waals surface area contributed by atoms with Crippen molar-refractivity contribution in [3.05, 3.63) is 46.4 Å². The molecule has 0 bridgehead atoms. The maximum Gasteiger partial charge on any atom is 0.227 e. The molecular formula is C16H16ClN3O. The summed E-state index contributed by atoms with van der Waals surface area (Å²) in [5, 5.41) is 9.48. The van der Waals surface area contributed by atoms with E-state index in [2.05, 4.69) is 16.0 Å². The van der Waals surface area contributed by atoms with E-state index in [4.69, 9.17) is 21.6 Å². The summed E-state index contributed by atoms with van der Waals surface area (Å²) in [7, 11) is 0. The van der Waals surface area contributed by atoms with Gasteiger partial charge in [0.1, 0.15) is 22.8 Å². The number of nitrogens with zero attached hydrogens (tertiary/aromatic N) is 3. The van der Waals surface area contributed by atoms with Crippen LogP contribution in [-0.2, 0) is 5.41 Å². The second kappa shape index (κ2) is 5.71. The van der Waals surface area contributed by atoms with E-state index in [0.29, 0.717) is 33.7 Å². The molecule has 0 saturated carbocycles. The van der Waals surface area contributed by atoms with Gasteiger partial charge in [-0.25, -0.2) is 4.98 Å². The minimum atomic E-state index is -0.246. The molecule has 1 heterocycles. The molecule has 1 aromatic heterocycles. The Bertz CT molecular complexity index is 714. The maximum atomic E-state index is 9.12. The van der Waals surface area contributed by atoms with Crippen molar-refractivity contribution in [1.29, 1.82) is 5.26 Å². The predicted molar refractivity (Wildman–Crippen MR) is 81.7 cm³/mol. The van der Waals surface area contributed by atoms with Crippen LogP contribution in [-0.4, -0.2) is 9.97 Å². The van der Waals surface area contributed by atoms with Crippen molar-refractivity contribution in [1.82, 2.24) is 9.97 Å². The fraction of sp³-hybridized carbons (Fsp3) is 0.312. The fourth-order valence-electron chi connectivity index (χ4n) is 1.66. The van der Waals surface area contributed by atoms with Crippen LogP contribution in [0.1, 0.15) is 37.7 Å². The van der Waals surface area contributed by atoms with Gasteiger partial charge in [-0.1, -0.05) is 44.5 Å². The molecule has 0 atom stereocenters. The van der Waals surface area contributed by atoms with Gasteiger partial charge in [0.05, 0.1) is 5.56 Å². The Labute approximate surface area is 129 Å². The molecule has 2 aromatic rings. The SMILES string of the molecule is Cc1c(Cl)nc(C(C)(C)C)nc1Oc1ccccc1C#N. The van der Waals surface area contributed by atoms with E-state index in [1.54, 1.807) is 31.2 Å². The summed E-state index contributed by atoms with van der Waals surface area (Å²) in [6.45, 7) is 7.79. The van der Waals surface area contributed by atoms with Gasteiger partial charge in [-0.3, -0.25) is 0 Å². The number of halogens is 1. The van der Waals surface area contributed by atoms with E-state index in [0.717, 1.165) is 0 Å². The van der Waals surface area contributed by atoms with E-state index in [-0.39, 0.29) is 5.41 Å². The van der Waals surface area contributed by atoms with E-state index in [1.165, 1.54) is 0 Å². The van der Waals surface area contributed by atoms with Crippen LogP contribution >= 0.6 is 11.6 Å². The molecule has 0 unspecified atom stereocenters. The molecule has 0 aliphatic heterocycles. The first-order chi connectivity index (χ1) is 9.82. The molecule has 4 nitrogen and oxygen atoms in total. The lowest BCUT2D eigenvalue weighted by Gasteiger charge is -2.19. The second-order valence-corrected chi connectivity index (χ2v) is 6.09. The Hall–Kier alpha value is -2.12. The van der Waals surface area contributed by atoms with Crippen LogP contribution in [0.15, 0.2) is 24.3 Å². The predicted octanol–water partition coefficient (Wildman–Crippen LogP) is 4.40. The number of nitriles is 1. The summed E-state index contributed by atoms with van der Waals surface area (Å²) in [4.78, 5) is 8.75. The third-order valence-electron chi connectivity index (χ3n) is 2.93. The lowest BCUT2D eigenvalue weighted by Crippen LogP contribution is -2.17. The van der Waals surface area contributed by atoms with Gasteiger partial charge in [-0.2, -0.15) is 10.2 Å². The number of aromatic nitrogens is 2.